The lowest BCUT2D eigenvalue weighted by Crippen LogP contribution is -2.41. The first-order valence-corrected chi connectivity index (χ1v) is 7.30. The predicted molar refractivity (Wildman–Crippen MR) is 78.7 cm³/mol. The molecule has 1 aliphatic heterocycles. The number of likely N-dealkylation sites (tertiary alicyclic amines) is 1. The Labute approximate surface area is 135 Å². The summed E-state index contributed by atoms with van der Waals surface area (Å²) in [7, 11) is 0. The maximum Gasteiger partial charge on any atom is 0.306 e. The predicted octanol–water partition coefficient (Wildman–Crippen LogP) is 2.25. The lowest BCUT2D eigenvalue weighted by atomic mass is 9.96. The van der Waals surface area contributed by atoms with Crippen LogP contribution in [0.2, 0.25) is 5.02 Å². The molecule has 1 amide bonds. The number of piperidine rings is 1. The molecule has 1 N–H and O–H groups in total. The molecule has 0 aromatic heterocycles. The van der Waals surface area contributed by atoms with Gasteiger partial charge >= 0.3 is 5.97 Å². The van der Waals surface area contributed by atoms with E-state index in [1.165, 1.54) is 4.90 Å². The van der Waals surface area contributed by atoms with Crippen LogP contribution in [0.5, 0.6) is 0 Å². The highest BCUT2D eigenvalue weighted by Gasteiger charge is 2.28. The Balaban J connectivity index is 2.10. The Morgan fingerprint density at radius 2 is 2.00 bits per heavy atom. The second kappa shape index (κ2) is 6.91. The van der Waals surface area contributed by atoms with Crippen LogP contribution in [0, 0.1) is 21.8 Å². The summed E-state index contributed by atoms with van der Waals surface area (Å²) in [5.74, 6) is -2.61. The number of benzene rings is 1. The van der Waals surface area contributed by atoms with Crippen LogP contribution in [0.15, 0.2) is 12.1 Å². The highest BCUT2D eigenvalue weighted by Crippen LogP contribution is 2.27. The number of hydrogen-bond acceptors (Lipinski definition) is 4. The third-order valence-corrected chi connectivity index (χ3v) is 4.15. The number of carbonyl (C=O) groups excluding carboxylic acids is 1. The maximum atomic E-state index is 13.5. The van der Waals surface area contributed by atoms with E-state index in [4.69, 9.17) is 16.7 Å². The molecule has 0 aliphatic carbocycles. The van der Waals surface area contributed by atoms with Crippen LogP contribution in [0.4, 0.5) is 10.1 Å². The van der Waals surface area contributed by atoms with Gasteiger partial charge < -0.3 is 10.0 Å². The van der Waals surface area contributed by atoms with E-state index in [2.05, 4.69) is 0 Å². The number of halogens is 2. The van der Waals surface area contributed by atoms with Crippen molar-refractivity contribution in [3.05, 3.63) is 38.7 Å². The topological polar surface area (TPSA) is 101 Å². The van der Waals surface area contributed by atoms with Gasteiger partial charge in [0.2, 0.25) is 5.91 Å². The number of aliphatic carboxylic acids is 1. The SMILES string of the molecule is O=C(O)C1CCN(C(=O)Cc2cc(F)c(Cl)cc2[N+](=O)[O-])CC1. The molecule has 0 saturated carbocycles. The Bertz CT molecular complexity index is 659. The molecule has 1 heterocycles. The Morgan fingerprint density at radius 3 is 2.52 bits per heavy atom. The summed E-state index contributed by atoms with van der Waals surface area (Å²) >= 11 is 5.53. The van der Waals surface area contributed by atoms with Gasteiger partial charge in [0.15, 0.2) is 0 Å². The van der Waals surface area contributed by atoms with Crippen molar-refractivity contribution >= 4 is 29.2 Å². The van der Waals surface area contributed by atoms with Gasteiger partial charge in [0.25, 0.3) is 5.69 Å². The standard InChI is InChI=1S/C14H14ClFN2O5/c15-10-7-12(18(22)23)9(5-11(10)16)6-13(19)17-3-1-8(2-4-17)14(20)21/h5,7-8H,1-4,6H2,(H,20,21). The van der Waals surface area contributed by atoms with Gasteiger partial charge in [-0.2, -0.15) is 0 Å². The fourth-order valence-electron chi connectivity index (χ4n) is 2.54. The average Bonchev–Trinajstić information content (AvgIpc) is 2.50. The quantitative estimate of drug-likeness (QED) is 0.667. The maximum absolute atomic E-state index is 13.5. The number of carboxylic acid groups (broad SMARTS) is 1. The highest BCUT2D eigenvalue weighted by molar-refractivity contribution is 6.31. The summed E-state index contributed by atoms with van der Waals surface area (Å²) in [6, 6.07) is 1.78. The van der Waals surface area contributed by atoms with E-state index in [0.29, 0.717) is 12.8 Å². The van der Waals surface area contributed by atoms with Gasteiger partial charge in [-0.1, -0.05) is 11.6 Å². The van der Waals surface area contributed by atoms with Crippen LogP contribution in [0.25, 0.3) is 0 Å². The summed E-state index contributed by atoms with van der Waals surface area (Å²) in [6.07, 6.45) is 0.332. The zero-order chi connectivity index (χ0) is 17.1. The monoisotopic (exact) mass is 344 g/mol. The molecule has 0 radical (unpaired) electrons. The smallest absolute Gasteiger partial charge is 0.306 e. The van der Waals surface area contributed by atoms with Crippen molar-refractivity contribution in [2.24, 2.45) is 5.92 Å². The molecule has 0 bridgehead atoms. The molecule has 1 saturated heterocycles. The molecule has 9 heteroatoms. The third-order valence-electron chi connectivity index (χ3n) is 3.86. The summed E-state index contributed by atoms with van der Waals surface area (Å²) in [4.78, 5) is 34.8. The van der Waals surface area contributed by atoms with Crippen molar-refractivity contribution in [1.82, 2.24) is 4.90 Å². The number of nitrogens with zero attached hydrogens (tertiary/aromatic N) is 2. The van der Waals surface area contributed by atoms with E-state index in [9.17, 15) is 24.1 Å². The zero-order valence-electron chi connectivity index (χ0n) is 12.0. The summed E-state index contributed by atoms with van der Waals surface area (Å²) < 4.78 is 13.5. The molecule has 1 aromatic carbocycles. The molecule has 124 valence electrons. The Hall–Kier alpha value is -2.22. The fourth-order valence-corrected chi connectivity index (χ4v) is 2.70. The minimum Gasteiger partial charge on any atom is -0.481 e. The molecule has 23 heavy (non-hydrogen) atoms. The molecule has 1 aromatic rings. The third kappa shape index (κ3) is 3.95. The summed E-state index contributed by atoms with van der Waals surface area (Å²) in [5, 5.41) is 19.5. The molecule has 2 rings (SSSR count). The van der Waals surface area contributed by atoms with Crippen molar-refractivity contribution in [1.29, 1.82) is 0 Å². The van der Waals surface area contributed by atoms with Gasteiger partial charge in [-0.15, -0.1) is 0 Å². The zero-order valence-corrected chi connectivity index (χ0v) is 12.8. The number of amides is 1. The van der Waals surface area contributed by atoms with Crippen LogP contribution in [0.1, 0.15) is 18.4 Å². The van der Waals surface area contributed by atoms with Crippen LogP contribution in [0.3, 0.4) is 0 Å². The van der Waals surface area contributed by atoms with Crippen molar-refractivity contribution < 1.29 is 24.0 Å². The van der Waals surface area contributed by atoms with Gasteiger partial charge in [0.05, 0.1) is 22.3 Å². The molecule has 0 atom stereocenters. The Kier molecular flexibility index (Phi) is 5.15. The van der Waals surface area contributed by atoms with Gasteiger partial charge in [-0.25, -0.2) is 4.39 Å². The van der Waals surface area contributed by atoms with Crippen LogP contribution in [-0.2, 0) is 16.0 Å². The highest BCUT2D eigenvalue weighted by atomic mass is 35.5. The molecule has 7 nitrogen and oxygen atoms in total. The average molecular weight is 345 g/mol. The van der Waals surface area contributed by atoms with Crippen molar-refractivity contribution in [2.75, 3.05) is 13.1 Å². The van der Waals surface area contributed by atoms with Crippen molar-refractivity contribution in [2.45, 2.75) is 19.3 Å². The number of carboxylic acids is 1. The molecular formula is C14H14ClFN2O5. The summed E-state index contributed by atoms with van der Waals surface area (Å²) in [6.45, 7) is 0.527. The lowest BCUT2D eigenvalue weighted by Gasteiger charge is -2.30. The van der Waals surface area contributed by atoms with E-state index in [1.54, 1.807) is 0 Å². The molecule has 1 aliphatic rings. The van der Waals surface area contributed by atoms with E-state index >= 15 is 0 Å². The molecule has 0 unspecified atom stereocenters. The number of nitro benzene ring substituents is 1. The van der Waals surface area contributed by atoms with Gasteiger partial charge in [-0.05, 0) is 18.9 Å². The van der Waals surface area contributed by atoms with E-state index in [1.807, 2.05) is 0 Å². The first kappa shape index (κ1) is 17.1. The Morgan fingerprint density at radius 1 is 1.39 bits per heavy atom. The van der Waals surface area contributed by atoms with E-state index < -0.39 is 34.2 Å². The number of rotatable bonds is 4. The lowest BCUT2D eigenvalue weighted by molar-refractivity contribution is -0.385. The van der Waals surface area contributed by atoms with Gasteiger partial charge in [0.1, 0.15) is 5.82 Å². The second-order valence-corrected chi connectivity index (χ2v) is 5.73. The van der Waals surface area contributed by atoms with E-state index in [-0.39, 0.29) is 30.1 Å². The van der Waals surface area contributed by atoms with Crippen LogP contribution in [-0.4, -0.2) is 39.9 Å². The second-order valence-electron chi connectivity index (χ2n) is 5.32. The van der Waals surface area contributed by atoms with Crippen molar-refractivity contribution in [3.8, 4) is 0 Å². The molecular weight excluding hydrogens is 331 g/mol. The van der Waals surface area contributed by atoms with E-state index in [0.717, 1.165) is 12.1 Å². The molecule has 1 fully saturated rings. The first-order chi connectivity index (χ1) is 10.8. The number of hydrogen-bond donors (Lipinski definition) is 1. The van der Waals surface area contributed by atoms with Gasteiger partial charge in [0, 0.05) is 24.7 Å². The van der Waals surface area contributed by atoms with Crippen LogP contribution < -0.4 is 0 Å². The number of carbonyl (C=O) groups is 2. The number of nitro groups is 1. The first-order valence-electron chi connectivity index (χ1n) is 6.92. The normalized spacial score (nSPS) is 15.5. The van der Waals surface area contributed by atoms with Gasteiger partial charge in [-0.3, -0.25) is 19.7 Å². The largest absolute Gasteiger partial charge is 0.481 e. The minimum absolute atomic E-state index is 0.0535. The summed E-state index contributed by atoms with van der Waals surface area (Å²) in [5.41, 5.74) is -0.465. The fraction of sp³-hybridized carbons (Fsp3) is 0.429. The minimum atomic E-state index is -0.896. The van der Waals surface area contributed by atoms with Crippen molar-refractivity contribution in [3.63, 3.8) is 0 Å². The molecule has 0 spiro atoms. The van der Waals surface area contributed by atoms with Crippen LogP contribution >= 0.6 is 11.6 Å².